The van der Waals surface area contributed by atoms with E-state index in [1.807, 2.05) is 0 Å². The van der Waals surface area contributed by atoms with Gasteiger partial charge < -0.3 is 9.30 Å². The highest BCUT2D eigenvalue weighted by Gasteiger charge is 2.19. The molecule has 4 aromatic carbocycles. The Balaban J connectivity index is 1.57. The molecule has 0 saturated heterocycles. The van der Waals surface area contributed by atoms with Gasteiger partial charge in [-0.15, -0.1) is 0 Å². The van der Waals surface area contributed by atoms with Gasteiger partial charge in [-0.2, -0.15) is 0 Å². The fourth-order valence-electron chi connectivity index (χ4n) is 4.72. The van der Waals surface area contributed by atoms with Gasteiger partial charge in [0.2, 0.25) is 0 Å². The van der Waals surface area contributed by atoms with Crippen LogP contribution in [0.1, 0.15) is 33.7 Å². The summed E-state index contributed by atoms with van der Waals surface area (Å²) in [4.78, 5) is 0. The SMILES string of the molecule is COc1ccc(C(Cc2cn(Cc3ccccc3)c3cc(C)ccc23)c2ccccc2)cc1. The van der Waals surface area contributed by atoms with Crippen LogP contribution in [0.2, 0.25) is 0 Å². The summed E-state index contributed by atoms with van der Waals surface area (Å²) in [6.07, 6.45) is 3.30. The van der Waals surface area contributed by atoms with Crippen molar-refractivity contribution >= 4 is 10.9 Å². The second-order valence-corrected chi connectivity index (χ2v) is 8.73. The summed E-state index contributed by atoms with van der Waals surface area (Å²) in [6.45, 7) is 3.04. The third-order valence-electron chi connectivity index (χ3n) is 6.46. The largest absolute Gasteiger partial charge is 0.497 e. The summed E-state index contributed by atoms with van der Waals surface area (Å²) in [7, 11) is 1.72. The van der Waals surface area contributed by atoms with Crippen LogP contribution in [0, 0.1) is 6.92 Å². The van der Waals surface area contributed by atoms with E-state index < -0.39 is 0 Å². The lowest BCUT2D eigenvalue weighted by Crippen LogP contribution is -2.05. The molecule has 1 aromatic heterocycles. The number of hydrogen-bond donors (Lipinski definition) is 0. The van der Waals surface area contributed by atoms with Crippen molar-refractivity contribution in [2.45, 2.75) is 25.8 Å². The molecular weight excluding hydrogens is 402 g/mol. The Hall–Kier alpha value is -3.78. The first-order valence-corrected chi connectivity index (χ1v) is 11.5. The lowest BCUT2D eigenvalue weighted by atomic mass is 9.86. The van der Waals surface area contributed by atoms with Crippen molar-refractivity contribution in [1.82, 2.24) is 4.57 Å². The smallest absolute Gasteiger partial charge is 0.118 e. The molecule has 0 aliphatic carbocycles. The Bertz CT molecular complexity index is 1330. The van der Waals surface area contributed by atoms with Crippen LogP contribution < -0.4 is 4.74 Å². The molecule has 2 heteroatoms. The van der Waals surface area contributed by atoms with Crippen molar-refractivity contribution in [2.24, 2.45) is 0 Å². The molecule has 0 fully saturated rings. The highest BCUT2D eigenvalue weighted by molar-refractivity contribution is 5.85. The third kappa shape index (κ3) is 4.56. The van der Waals surface area contributed by atoms with Gasteiger partial charge in [-0.3, -0.25) is 0 Å². The van der Waals surface area contributed by atoms with Crippen molar-refractivity contribution in [3.63, 3.8) is 0 Å². The van der Waals surface area contributed by atoms with Crippen LogP contribution in [0.15, 0.2) is 109 Å². The Morgan fingerprint density at radius 2 is 1.42 bits per heavy atom. The van der Waals surface area contributed by atoms with Crippen molar-refractivity contribution < 1.29 is 4.74 Å². The molecule has 0 saturated carbocycles. The van der Waals surface area contributed by atoms with E-state index in [9.17, 15) is 0 Å². The number of nitrogens with zero attached hydrogens (tertiary/aromatic N) is 1. The number of aromatic nitrogens is 1. The van der Waals surface area contributed by atoms with Gasteiger partial charge >= 0.3 is 0 Å². The number of methoxy groups -OCH3 is 1. The highest BCUT2D eigenvalue weighted by atomic mass is 16.5. The molecule has 1 atom stereocenters. The lowest BCUT2D eigenvalue weighted by Gasteiger charge is -2.18. The van der Waals surface area contributed by atoms with E-state index >= 15 is 0 Å². The summed E-state index contributed by atoms with van der Waals surface area (Å²) in [6, 6.07) is 36.9. The second kappa shape index (κ2) is 9.38. The third-order valence-corrected chi connectivity index (χ3v) is 6.46. The second-order valence-electron chi connectivity index (χ2n) is 8.73. The van der Waals surface area contributed by atoms with Crippen LogP contribution in [0.25, 0.3) is 10.9 Å². The maximum Gasteiger partial charge on any atom is 0.118 e. The first kappa shape index (κ1) is 21.1. The zero-order valence-corrected chi connectivity index (χ0v) is 19.2. The quantitative estimate of drug-likeness (QED) is 0.262. The molecule has 2 nitrogen and oxygen atoms in total. The van der Waals surface area contributed by atoms with E-state index in [0.717, 1.165) is 18.7 Å². The van der Waals surface area contributed by atoms with Gasteiger partial charge in [0.05, 0.1) is 7.11 Å². The molecule has 1 heterocycles. The topological polar surface area (TPSA) is 14.2 Å². The first-order chi connectivity index (χ1) is 16.2. The van der Waals surface area contributed by atoms with Crippen molar-refractivity contribution in [3.8, 4) is 5.75 Å². The molecule has 0 aliphatic heterocycles. The van der Waals surface area contributed by atoms with Gasteiger partial charge in [0.15, 0.2) is 0 Å². The lowest BCUT2D eigenvalue weighted by molar-refractivity contribution is 0.414. The van der Waals surface area contributed by atoms with Crippen LogP contribution in [-0.4, -0.2) is 11.7 Å². The van der Waals surface area contributed by atoms with Crippen molar-refractivity contribution in [1.29, 1.82) is 0 Å². The van der Waals surface area contributed by atoms with E-state index in [2.05, 4.69) is 121 Å². The van der Waals surface area contributed by atoms with E-state index in [4.69, 9.17) is 4.74 Å². The monoisotopic (exact) mass is 431 g/mol. The summed E-state index contributed by atoms with van der Waals surface area (Å²) in [5, 5.41) is 1.34. The molecule has 0 amide bonds. The van der Waals surface area contributed by atoms with Gasteiger partial charge in [0.1, 0.15) is 5.75 Å². The number of ether oxygens (including phenoxy) is 1. The molecule has 5 rings (SSSR count). The standard InChI is InChI=1S/C31H29NO/c1-23-13-18-29-27(22-32(31(29)19-23)21-24-9-5-3-6-10-24)20-30(25-11-7-4-8-12-25)26-14-16-28(33-2)17-15-26/h3-19,22,30H,20-21H2,1-2H3. The van der Waals surface area contributed by atoms with E-state index in [-0.39, 0.29) is 5.92 Å². The fraction of sp³-hybridized carbons (Fsp3) is 0.161. The fourth-order valence-corrected chi connectivity index (χ4v) is 4.72. The number of benzene rings is 4. The van der Waals surface area contributed by atoms with Gasteiger partial charge in [0, 0.05) is 29.6 Å². The zero-order valence-electron chi connectivity index (χ0n) is 19.2. The Labute approximate surface area is 196 Å². The molecule has 0 N–H and O–H groups in total. The highest BCUT2D eigenvalue weighted by Crippen LogP contribution is 2.33. The average Bonchev–Trinajstić information content (AvgIpc) is 3.19. The maximum absolute atomic E-state index is 5.40. The first-order valence-electron chi connectivity index (χ1n) is 11.5. The molecule has 0 spiro atoms. The number of aryl methyl sites for hydroxylation is 1. The van der Waals surface area contributed by atoms with Gasteiger partial charge in [-0.1, -0.05) is 84.9 Å². The van der Waals surface area contributed by atoms with E-state index in [0.29, 0.717) is 0 Å². The minimum atomic E-state index is 0.272. The normalized spacial score (nSPS) is 12.1. The van der Waals surface area contributed by atoms with Crippen LogP contribution >= 0.6 is 0 Å². The molecule has 5 aromatic rings. The molecule has 33 heavy (non-hydrogen) atoms. The van der Waals surface area contributed by atoms with Gasteiger partial charge in [-0.05, 0) is 59.4 Å². The molecule has 164 valence electrons. The molecule has 0 bridgehead atoms. The van der Waals surface area contributed by atoms with Crippen LogP contribution in [0.5, 0.6) is 5.75 Å². The van der Waals surface area contributed by atoms with E-state index in [1.54, 1.807) is 7.11 Å². The maximum atomic E-state index is 5.40. The van der Waals surface area contributed by atoms with Crippen molar-refractivity contribution in [3.05, 3.63) is 137 Å². The Morgan fingerprint density at radius 3 is 2.12 bits per heavy atom. The summed E-state index contributed by atoms with van der Waals surface area (Å²) in [5.41, 5.74) is 7.92. The summed E-state index contributed by atoms with van der Waals surface area (Å²) < 4.78 is 7.80. The molecular formula is C31H29NO. The minimum absolute atomic E-state index is 0.272. The van der Waals surface area contributed by atoms with Crippen molar-refractivity contribution in [2.75, 3.05) is 7.11 Å². The molecule has 0 aliphatic rings. The predicted molar refractivity (Wildman–Crippen MR) is 137 cm³/mol. The average molecular weight is 432 g/mol. The molecule has 0 radical (unpaired) electrons. The van der Waals surface area contributed by atoms with Crippen LogP contribution in [0.3, 0.4) is 0 Å². The number of rotatable bonds is 7. The van der Waals surface area contributed by atoms with E-state index in [1.165, 1.54) is 38.7 Å². The Kier molecular flexibility index (Phi) is 5.99. The number of fused-ring (bicyclic) bond motifs is 1. The zero-order chi connectivity index (χ0) is 22.6. The van der Waals surface area contributed by atoms with Gasteiger partial charge in [-0.25, -0.2) is 0 Å². The number of hydrogen-bond acceptors (Lipinski definition) is 1. The minimum Gasteiger partial charge on any atom is -0.497 e. The Morgan fingerprint density at radius 1 is 0.758 bits per heavy atom. The van der Waals surface area contributed by atoms with Gasteiger partial charge in [0.25, 0.3) is 0 Å². The predicted octanol–water partition coefficient (Wildman–Crippen LogP) is 7.38. The summed E-state index contributed by atoms with van der Waals surface area (Å²) in [5.74, 6) is 1.16. The van der Waals surface area contributed by atoms with Crippen LogP contribution in [-0.2, 0) is 13.0 Å². The van der Waals surface area contributed by atoms with Crippen LogP contribution in [0.4, 0.5) is 0 Å². The molecule has 1 unspecified atom stereocenters. The summed E-state index contributed by atoms with van der Waals surface area (Å²) >= 11 is 0.